The summed E-state index contributed by atoms with van der Waals surface area (Å²) in [5.41, 5.74) is 0. The zero-order chi connectivity index (χ0) is 11.3. The van der Waals surface area contributed by atoms with Crippen molar-refractivity contribution in [3.05, 3.63) is 30.3 Å². The summed E-state index contributed by atoms with van der Waals surface area (Å²) >= 11 is 0. The average Bonchev–Trinajstić information content (AvgIpc) is 2.14. The van der Waals surface area contributed by atoms with E-state index in [1.165, 1.54) is 0 Å². The summed E-state index contributed by atoms with van der Waals surface area (Å²) in [6, 6.07) is 9.23. The summed E-state index contributed by atoms with van der Waals surface area (Å²) in [6.07, 6.45) is 0. The molecule has 0 radical (unpaired) electrons. The lowest BCUT2D eigenvalue weighted by atomic mass is 10.3. The van der Waals surface area contributed by atoms with E-state index in [0.29, 0.717) is 5.75 Å². The number of ether oxygens (including phenoxy) is 1. The Kier molecular flexibility index (Phi) is 3.91. The van der Waals surface area contributed by atoms with Gasteiger partial charge in [0.15, 0.2) is 6.61 Å². The second-order valence-electron chi connectivity index (χ2n) is 4.19. The first kappa shape index (κ1) is 11.8. The van der Waals surface area contributed by atoms with E-state index in [9.17, 15) is 4.79 Å². The summed E-state index contributed by atoms with van der Waals surface area (Å²) in [6.45, 7) is 5.88. The highest BCUT2D eigenvalue weighted by atomic mass is 28.4. The lowest BCUT2D eigenvalue weighted by molar-refractivity contribution is -0.137. The van der Waals surface area contributed by atoms with Crippen LogP contribution in [-0.4, -0.2) is 20.9 Å². The molecule has 3 nitrogen and oxygen atoms in total. The second-order valence-corrected chi connectivity index (χ2v) is 8.62. The molecule has 0 aromatic heterocycles. The number of hydrogen-bond donors (Lipinski definition) is 0. The standard InChI is InChI=1S/C11H16O3Si/c1-15(2,3)14-11(12)9-13-10-7-5-4-6-8-10/h4-8H,9H2,1-3H3. The molecule has 0 heterocycles. The zero-order valence-corrected chi connectivity index (χ0v) is 10.3. The lowest BCUT2D eigenvalue weighted by Crippen LogP contribution is -2.31. The molecule has 0 unspecified atom stereocenters. The fourth-order valence-corrected chi connectivity index (χ4v) is 1.77. The Labute approximate surface area is 91.1 Å². The Bertz CT molecular complexity index is 316. The Morgan fingerprint density at radius 2 is 1.80 bits per heavy atom. The molecule has 0 aliphatic rings. The van der Waals surface area contributed by atoms with Gasteiger partial charge in [-0.25, -0.2) is 4.79 Å². The Morgan fingerprint density at radius 1 is 1.20 bits per heavy atom. The summed E-state index contributed by atoms with van der Waals surface area (Å²) in [4.78, 5) is 11.3. The molecule has 0 atom stereocenters. The molecule has 0 N–H and O–H groups in total. The van der Waals surface area contributed by atoms with Crippen LogP contribution < -0.4 is 4.74 Å². The fourth-order valence-electron chi connectivity index (χ4n) is 1.03. The highest BCUT2D eigenvalue weighted by Crippen LogP contribution is 2.09. The van der Waals surface area contributed by atoms with Crippen LogP contribution in [0.1, 0.15) is 0 Å². The second kappa shape index (κ2) is 4.98. The molecule has 0 aliphatic heterocycles. The van der Waals surface area contributed by atoms with Crippen molar-refractivity contribution >= 4 is 14.3 Å². The van der Waals surface area contributed by atoms with Crippen LogP contribution in [-0.2, 0) is 9.22 Å². The van der Waals surface area contributed by atoms with Gasteiger partial charge in [-0.1, -0.05) is 18.2 Å². The maximum Gasteiger partial charge on any atom is 0.330 e. The van der Waals surface area contributed by atoms with Gasteiger partial charge >= 0.3 is 5.97 Å². The van der Waals surface area contributed by atoms with Gasteiger partial charge in [-0.05, 0) is 31.8 Å². The summed E-state index contributed by atoms with van der Waals surface area (Å²) in [5.74, 6) is 0.392. The SMILES string of the molecule is C[Si](C)(C)OC(=O)COc1ccccc1. The van der Waals surface area contributed by atoms with Crippen molar-refractivity contribution in [1.29, 1.82) is 0 Å². The van der Waals surface area contributed by atoms with Crippen molar-refractivity contribution < 1.29 is 14.0 Å². The summed E-state index contributed by atoms with van der Waals surface area (Å²) < 4.78 is 10.5. The lowest BCUT2D eigenvalue weighted by Gasteiger charge is -2.17. The van der Waals surface area contributed by atoms with Crippen LogP contribution in [0.3, 0.4) is 0 Å². The van der Waals surface area contributed by atoms with Crippen molar-refractivity contribution in [3.63, 3.8) is 0 Å². The highest BCUT2D eigenvalue weighted by molar-refractivity contribution is 6.71. The fraction of sp³-hybridized carbons (Fsp3) is 0.364. The predicted octanol–water partition coefficient (Wildman–Crippen LogP) is 2.44. The third kappa shape index (κ3) is 5.22. The molecule has 0 amide bonds. The van der Waals surface area contributed by atoms with Crippen LogP contribution in [0.2, 0.25) is 19.6 Å². The van der Waals surface area contributed by atoms with Crippen molar-refractivity contribution in [2.75, 3.05) is 6.61 Å². The minimum absolute atomic E-state index is 0.0196. The van der Waals surface area contributed by atoms with Crippen molar-refractivity contribution in [3.8, 4) is 5.75 Å². The van der Waals surface area contributed by atoms with Gasteiger partial charge in [-0.3, -0.25) is 0 Å². The number of benzene rings is 1. The number of carbonyl (C=O) groups is 1. The number of rotatable bonds is 4. The van der Waals surface area contributed by atoms with Crippen LogP contribution >= 0.6 is 0 Å². The Hall–Kier alpha value is -1.29. The van der Waals surface area contributed by atoms with Crippen molar-refractivity contribution in [2.24, 2.45) is 0 Å². The normalized spacial score (nSPS) is 10.9. The summed E-state index contributed by atoms with van der Waals surface area (Å²) in [7, 11) is -1.79. The maximum atomic E-state index is 11.3. The highest BCUT2D eigenvalue weighted by Gasteiger charge is 2.19. The molecule has 15 heavy (non-hydrogen) atoms. The maximum absolute atomic E-state index is 11.3. The van der Waals surface area contributed by atoms with Gasteiger partial charge in [0.25, 0.3) is 0 Å². The average molecular weight is 224 g/mol. The van der Waals surface area contributed by atoms with Crippen LogP contribution in [0, 0.1) is 0 Å². The van der Waals surface area contributed by atoms with E-state index in [0.717, 1.165) is 0 Å². The molecular formula is C11H16O3Si. The molecule has 0 fully saturated rings. The monoisotopic (exact) mass is 224 g/mol. The van der Waals surface area contributed by atoms with Gasteiger partial charge in [0.1, 0.15) is 5.75 Å². The first-order valence-electron chi connectivity index (χ1n) is 4.87. The van der Waals surface area contributed by atoms with Gasteiger partial charge in [0, 0.05) is 0 Å². The third-order valence-corrected chi connectivity index (χ3v) is 2.36. The molecule has 0 saturated heterocycles. The molecule has 0 bridgehead atoms. The van der Waals surface area contributed by atoms with Gasteiger partial charge in [0.05, 0.1) is 0 Å². The van der Waals surface area contributed by atoms with Gasteiger partial charge in [0.2, 0.25) is 8.32 Å². The van der Waals surface area contributed by atoms with E-state index < -0.39 is 8.32 Å². The van der Waals surface area contributed by atoms with Gasteiger partial charge in [-0.15, -0.1) is 0 Å². The molecule has 82 valence electrons. The molecule has 0 spiro atoms. The minimum Gasteiger partial charge on any atom is -0.517 e. The largest absolute Gasteiger partial charge is 0.517 e. The predicted molar refractivity (Wildman–Crippen MR) is 61.4 cm³/mol. The molecule has 1 aromatic carbocycles. The van der Waals surface area contributed by atoms with Crippen LogP contribution in [0.4, 0.5) is 0 Å². The number of hydrogen-bond acceptors (Lipinski definition) is 3. The van der Waals surface area contributed by atoms with Crippen LogP contribution in [0.5, 0.6) is 5.75 Å². The van der Waals surface area contributed by atoms with Gasteiger partial charge < -0.3 is 9.16 Å². The van der Waals surface area contributed by atoms with Crippen molar-refractivity contribution in [1.82, 2.24) is 0 Å². The molecule has 1 rings (SSSR count). The smallest absolute Gasteiger partial charge is 0.330 e. The van der Waals surface area contributed by atoms with E-state index in [1.54, 1.807) is 0 Å². The van der Waals surface area contributed by atoms with Crippen molar-refractivity contribution in [2.45, 2.75) is 19.6 Å². The van der Waals surface area contributed by atoms with Crippen LogP contribution in [0.15, 0.2) is 30.3 Å². The molecule has 4 heteroatoms. The van der Waals surface area contributed by atoms with E-state index in [4.69, 9.17) is 9.16 Å². The number of para-hydroxylation sites is 1. The molecular weight excluding hydrogens is 208 g/mol. The van der Waals surface area contributed by atoms with E-state index >= 15 is 0 Å². The topological polar surface area (TPSA) is 35.5 Å². The zero-order valence-electron chi connectivity index (χ0n) is 9.32. The Balaban J connectivity index is 2.35. The third-order valence-electron chi connectivity index (χ3n) is 1.52. The first-order valence-corrected chi connectivity index (χ1v) is 8.28. The van der Waals surface area contributed by atoms with Crippen LogP contribution in [0.25, 0.3) is 0 Å². The van der Waals surface area contributed by atoms with E-state index in [-0.39, 0.29) is 12.6 Å². The minimum atomic E-state index is -1.79. The Morgan fingerprint density at radius 3 is 2.33 bits per heavy atom. The van der Waals surface area contributed by atoms with E-state index in [2.05, 4.69) is 0 Å². The molecule has 0 saturated carbocycles. The summed E-state index contributed by atoms with van der Waals surface area (Å²) in [5, 5.41) is 0. The van der Waals surface area contributed by atoms with Gasteiger partial charge in [-0.2, -0.15) is 0 Å². The molecule has 0 aliphatic carbocycles. The quantitative estimate of drug-likeness (QED) is 0.737. The van der Waals surface area contributed by atoms with E-state index in [1.807, 2.05) is 50.0 Å². The number of carbonyl (C=O) groups excluding carboxylic acids is 1. The first-order chi connectivity index (χ1) is 6.97. The molecule has 1 aromatic rings.